The molecular weight excluding hydrogens is 528 g/mol. The lowest BCUT2D eigenvalue weighted by atomic mass is 10.2. The van der Waals surface area contributed by atoms with E-state index in [0.29, 0.717) is 71.7 Å². The zero-order valence-electron chi connectivity index (χ0n) is 21.8. The summed E-state index contributed by atoms with van der Waals surface area (Å²) in [5.41, 5.74) is 1.46. The van der Waals surface area contributed by atoms with Gasteiger partial charge >= 0.3 is 6.09 Å². The van der Waals surface area contributed by atoms with Gasteiger partial charge in [0.2, 0.25) is 0 Å². The summed E-state index contributed by atoms with van der Waals surface area (Å²) >= 11 is 7.45. The van der Waals surface area contributed by atoms with E-state index in [1.165, 1.54) is 17.5 Å². The molecule has 1 aliphatic rings. The van der Waals surface area contributed by atoms with Gasteiger partial charge in [0, 0.05) is 38.8 Å². The number of rotatable bonds is 8. The van der Waals surface area contributed by atoms with Gasteiger partial charge < -0.3 is 30.1 Å². The van der Waals surface area contributed by atoms with Crippen LogP contribution < -0.4 is 15.5 Å². The van der Waals surface area contributed by atoms with Crippen LogP contribution in [-0.4, -0.2) is 90.2 Å². The molecule has 0 spiro atoms. The predicted octanol–water partition coefficient (Wildman–Crippen LogP) is 4.02. The van der Waals surface area contributed by atoms with Crippen LogP contribution in [0.3, 0.4) is 0 Å². The van der Waals surface area contributed by atoms with Crippen molar-refractivity contribution in [2.45, 2.75) is 13.8 Å². The van der Waals surface area contributed by atoms with E-state index in [1.54, 1.807) is 11.0 Å². The molecule has 2 amide bonds. The second kappa shape index (κ2) is 12.4. The molecule has 11 nitrogen and oxygen atoms in total. The zero-order valence-corrected chi connectivity index (χ0v) is 23.4. The van der Waals surface area contributed by atoms with Gasteiger partial charge in [0.05, 0.1) is 16.9 Å². The molecule has 0 aliphatic carbocycles. The second-order valence-electron chi connectivity index (χ2n) is 9.09. The molecule has 1 aliphatic heterocycles. The molecule has 1 fully saturated rings. The van der Waals surface area contributed by atoms with Crippen LogP contribution in [0.15, 0.2) is 30.5 Å². The van der Waals surface area contributed by atoms with Crippen LogP contribution in [0.4, 0.5) is 27.2 Å². The van der Waals surface area contributed by atoms with Gasteiger partial charge in [0.1, 0.15) is 28.9 Å². The lowest BCUT2D eigenvalue weighted by molar-refractivity contribution is 0.0939. The van der Waals surface area contributed by atoms with Gasteiger partial charge in [0.15, 0.2) is 5.13 Å². The highest BCUT2D eigenvalue weighted by Crippen LogP contribution is 2.28. The highest BCUT2D eigenvalue weighted by atomic mass is 35.5. The van der Waals surface area contributed by atoms with Crippen molar-refractivity contribution in [3.63, 3.8) is 0 Å². The first kappa shape index (κ1) is 27.6. The molecule has 2 aromatic heterocycles. The number of carbonyl (C=O) groups is 2. The lowest BCUT2D eigenvalue weighted by Crippen LogP contribution is -2.49. The fourth-order valence-corrected chi connectivity index (χ4v) is 4.80. The third kappa shape index (κ3) is 7.09. The largest absolute Gasteiger partial charge is 0.448 e. The Morgan fingerprint density at radius 1 is 1.16 bits per heavy atom. The van der Waals surface area contributed by atoms with Crippen LogP contribution in [0.2, 0.25) is 5.02 Å². The van der Waals surface area contributed by atoms with Crippen molar-refractivity contribution < 1.29 is 14.3 Å². The molecule has 0 unspecified atom stereocenters. The molecule has 0 radical (unpaired) electrons. The van der Waals surface area contributed by atoms with E-state index in [1.807, 2.05) is 51.0 Å². The third-order valence-corrected chi connectivity index (χ3v) is 7.10. The van der Waals surface area contributed by atoms with E-state index in [0.717, 1.165) is 11.4 Å². The van der Waals surface area contributed by atoms with E-state index in [4.69, 9.17) is 16.3 Å². The number of anilines is 4. The quantitative estimate of drug-likeness (QED) is 0.423. The highest BCUT2D eigenvalue weighted by molar-refractivity contribution is 7.17. The maximum atomic E-state index is 12.8. The maximum Gasteiger partial charge on any atom is 0.409 e. The summed E-state index contributed by atoms with van der Waals surface area (Å²) in [6.45, 7) is 7.10. The monoisotopic (exact) mass is 558 g/mol. The minimum absolute atomic E-state index is 0.288. The van der Waals surface area contributed by atoms with Gasteiger partial charge in [-0.3, -0.25) is 4.79 Å². The molecule has 2 N–H and O–H groups in total. The van der Waals surface area contributed by atoms with Crippen LogP contribution in [-0.2, 0) is 4.74 Å². The van der Waals surface area contributed by atoms with Crippen LogP contribution in [0.5, 0.6) is 0 Å². The number of para-hydroxylation sites is 1. The molecule has 1 saturated heterocycles. The standard InChI is InChI=1S/C25H31ClN8O3S/c1-16-6-5-7-18(26)22(16)31-23(35)19-15-27-24(38-19)30-20-14-21(29-17(2)28-20)33-8-10-34(11-9-33)25(36)37-13-12-32(3)4/h5-7,14-15H,8-13H2,1-4H3,(H,31,35)(H,27,28,29,30). The summed E-state index contributed by atoms with van der Waals surface area (Å²) in [5, 5.41) is 7.05. The summed E-state index contributed by atoms with van der Waals surface area (Å²) in [7, 11) is 3.87. The van der Waals surface area contributed by atoms with Crippen molar-refractivity contribution >= 4 is 57.4 Å². The number of thiazole rings is 1. The number of amides is 2. The molecule has 0 atom stereocenters. The van der Waals surface area contributed by atoms with Crippen molar-refractivity contribution in [1.29, 1.82) is 0 Å². The number of benzene rings is 1. The zero-order chi connectivity index (χ0) is 27.2. The summed E-state index contributed by atoms with van der Waals surface area (Å²) in [4.78, 5) is 44.7. The van der Waals surface area contributed by atoms with Gasteiger partial charge in [-0.2, -0.15) is 0 Å². The average Bonchev–Trinajstić information content (AvgIpc) is 3.34. The minimum Gasteiger partial charge on any atom is -0.448 e. The first-order chi connectivity index (χ1) is 18.2. The summed E-state index contributed by atoms with van der Waals surface area (Å²) in [5.74, 6) is 1.63. The second-order valence-corrected chi connectivity index (χ2v) is 10.5. The fourth-order valence-electron chi connectivity index (χ4n) is 3.81. The fraction of sp³-hybridized carbons (Fsp3) is 0.400. The smallest absolute Gasteiger partial charge is 0.409 e. The molecule has 3 heterocycles. The van der Waals surface area contributed by atoms with E-state index >= 15 is 0 Å². The number of carbonyl (C=O) groups excluding carboxylic acids is 2. The van der Waals surface area contributed by atoms with Gasteiger partial charge in [-0.15, -0.1) is 0 Å². The van der Waals surface area contributed by atoms with Gasteiger partial charge in [-0.25, -0.2) is 19.7 Å². The molecule has 13 heteroatoms. The maximum absolute atomic E-state index is 12.8. The average molecular weight is 559 g/mol. The Bertz CT molecular complexity index is 1270. The van der Waals surface area contributed by atoms with Crippen LogP contribution in [0, 0.1) is 13.8 Å². The van der Waals surface area contributed by atoms with Crippen LogP contribution in [0.25, 0.3) is 0 Å². The molecule has 38 heavy (non-hydrogen) atoms. The summed E-state index contributed by atoms with van der Waals surface area (Å²) in [6, 6.07) is 7.29. The number of piperazine rings is 1. The third-order valence-electron chi connectivity index (χ3n) is 5.88. The van der Waals surface area contributed by atoms with Crippen molar-refractivity contribution in [1.82, 2.24) is 24.8 Å². The van der Waals surface area contributed by atoms with Gasteiger partial charge in [-0.1, -0.05) is 35.1 Å². The summed E-state index contributed by atoms with van der Waals surface area (Å²) in [6.07, 6.45) is 1.22. The summed E-state index contributed by atoms with van der Waals surface area (Å²) < 4.78 is 5.35. The van der Waals surface area contributed by atoms with Crippen molar-refractivity contribution in [2.24, 2.45) is 0 Å². The number of nitrogens with one attached hydrogen (secondary N) is 2. The van der Waals surface area contributed by atoms with Crippen LogP contribution >= 0.6 is 22.9 Å². The first-order valence-corrected chi connectivity index (χ1v) is 13.4. The number of nitrogens with zero attached hydrogens (tertiary/aromatic N) is 6. The van der Waals surface area contributed by atoms with Gasteiger partial charge in [-0.05, 0) is 39.6 Å². The minimum atomic E-state index is -0.291. The Morgan fingerprint density at radius 3 is 2.63 bits per heavy atom. The van der Waals surface area contributed by atoms with E-state index in [9.17, 15) is 9.59 Å². The molecule has 0 saturated carbocycles. The predicted molar refractivity (Wildman–Crippen MR) is 150 cm³/mol. The number of ether oxygens (including phenoxy) is 1. The van der Waals surface area contributed by atoms with Crippen molar-refractivity contribution in [2.75, 3.05) is 69.0 Å². The van der Waals surface area contributed by atoms with Crippen molar-refractivity contribution in [3.8, 4) is 0 Å². The molecule has 202 valence electrons. The van der Waals surface area contributed by atoms with E-state index in [2.05, 4.69) is 30.5 Å². The SMILES string of the molecule is Cc1nc(Nc2ncc(C(=O)Nc3c(C)cccc3Cl)s2)cc(N2CCN(C(=O)OCCN(C)C)CC2)n1. The van der Waals surface area contributed by atoms with Crippen LogP contribution in [0.1, 0.15) is 21.1 Å². The number of likely N-dealkylation sites (N-methyl/N-ethyl adjacent to an activating group) is 1. The highest BCUT2D eigenvalue weighted by Gasteiger charge is 2.24. The Balaban J connectivity index is 1.36. The normalized spacial score (nSPS) is 13.5. The number of halogens is 1. The van der Waals surface area contributed by atoms with Crippen molar-refractivity contribution in [3.05, 3.63) is 51.7 Å². The molecular formula is C25H31ClN8O3S. The lowest BCUT2D eigenvalue weighted by Gasteiger charge is -2.35. The molecule has 4 rings (SSSR count). The number of hydrogen-bond donors (Lipinski definition) is 2. The first-order valence-electron chi connectivity index (χ1n) is 12.2. The number of aromatic nitrogens is 3. The molecule has 3 aromatic rings. The number of aryl methyl sites for hydroxylation is 2. The topological polar surface area (TPSA) is 116 Å². The Morgan fingerprint density at radius 2 is 1.92 bits per heavy atom. The van der Waals surface area contributed by atoms with E-state index in [-0.39, 0.29) is 12.0 Å². The number of hydrogen-bond acceptors (Lipinski definition) is 10. The Hall–Kier alpha value is -3.48. The molecule has 1 aromatic carbocycles. The van der Waals surface area contributed by atoms with E-state index < -0.39 is 0 Å². The molecule has 0 bridgehead atoms. The Kier molecular flexibility index (Phi) is 8.97. The Labute approximate surface area is 230 Å². The van der Waals surface area contributed by atoms with Gasteiger partial charge in [0.25, 0.3) is 5.91 Å².